The molecular weight excluding hydrogens is 332 g/mol. The Morgan fingerprint density at radius 2 is 1.81 bits per heavy atom. The maximum atomic E-state index is 12.3. The number of hydrogen-bond acceptors (Lipinski definition) is 5. The van der Waals surface area contributed by atoms with Gasteiger partial charge in [-0.3, -0.25) is 9.59 Å². The molecule has 1 heterocycles. The number of carbonyl (C=O) groups excluding carboxylic acids is 2. The first-order chi connectivity index (χ1) is 12.6. The Bertz CT molecular complexity index is 834. The van der Waals surface area contributed by atoms with Gasteiger partial charge in [-0.05, 0) is 42.7 Å². The Balaban J connectivity index is 1.47. The monoisotopic (exact) mass is 352 g/mol. The van der Waals surface area contributed by atoms with Crippen LogP contribution in [0.2, 0.25) is 0 Å². The fraction of sp³-hybridized carbons (Fsp3) is 0.333. The van der Waals surface area contributed by atoms with Crippen molar-refractivity contribution in [2.75, 3.05) is 0 Å². The van der Waals surface area contributed by atoms with Gasteiger partial charge in [0.15, 0.2) is 5.78 Å². The number of rotatable bonds is 3. The number of phenolic OH excluding ortho intramolecular Hbond substituents is 1. The first-order valence-corrected chi connectivity index (χ1v) is 8.94. The number of fused-ring (bicyclic) bond motifs is 1. The van der Waals surface area contributed by atoms with E-state index in [0.29, 0.717) is 17.1 Å². The number of Topliss-reactive ketones (excluding diaryl/α,β-unsaturated/α-hetero) is 1. The van der Waals surface area contributed by atoms with Crippen molar-refractivity contribution in [2.45, 2.75) is 38.2 Å². The third-order valence-electron chi connectivity index (χ3n) is 5.06. The molecule has 0 spiro atoms. The van der Waals surface area contributed by atoms with Crippen LogP contribution >= 0.6 is 0 Å². The van der Waals surface area contributed by atoms with E-state index in [1.165, 1.54) is 12.1 Å². The number of hydrogen-bond donors (Lipinski definition) is 1. The van der Waals surface area contributed by atoms with Crippen LogP contribution in [0.25, 0.3) is 0 Å². The number of ether oxygens (including phenoxy) is 2. The standard InChI is InChI=1S/C21H20O5/c22-15-7-10-17-18(23)12-19(26-20(17)11-15)13-5-8-16(9-6-13)25-21(24)14-3-1-2-4-14/h5-11,14,19,22H,1-4,12H2. The molecule has 2 aromatic carbocycles. The summed E-state index contributed by atoms with van der Waals surface area (Å²) in [5.74, 6) is 0.787. The molecule has 0 amide bonds. The molecule has 1 saturated carbocycles. The summed E-state index contributed by atoms with van der Waals surface area (Å²) in [6, 6.07) is 11.6. The zero-order valence-electron chi connectivity index (χ0n) is 14.3. The van der Waals surface area contributed by atoms with Crippen molar-refractivity contribution in [3.63, 3.8) is 0 Å². The van der Waals surface area contributed by atoms with Gasteiger partial charge in [-0.2, -0.15) is 0 Å². The van der Waals surface area contributed by atoms with Crippen LogP contribution < -0.4 is 9.47 Å². The Morgan fingerprint density at radius 3 is 2.54 bits per heavy atom. The maximum Gasteiger partial charge on any atom is 0.314 e. The van der Waals surface area contributed by atoms with Crippen LogP contribution in [0.5, 0.6) is 17.2 Å². The third kappa shape index (κ3) is 3.29. The maximum absolute atomic E-state index is 12.3. The molecule has 1 fully saturated rings. The summed E-state index contributed by atoms with van der Waals surface area (Å²) >= 11 is 0. The van der Waals surface area contributed by atoms with E-state index >= 15 is 0 Å². The summed E-state index contributed by atoms with van der Waals surface area (Å²) in [5, 5.41) is 9.60. The lowest BCUT2D eigenvalue weighted by molar-refractivity contribution is -0.138. The molecule has 1 N–H and O–H groups in total. The second kappa shape index (κ2) is 6.83. The molecule has 1 unspecified atom stereocenters. The predicted octanol–water partition coefficient (Wildman–Crippen LogP) is 4.19. The summed E-state index contributed by atoms with van der Waals surface area (Å²) in [6.07, 6.45) is 3.80. The highest BCUT2D eigenvalue weighted by molar-refractivity contribution is 6.00. The molecule has 4 rings (SSSR count). The Hall–Kier alpha value is -2.82. The number of aromatic hydroxyl groups is 1. The largest absolute Gasteiger partial charge is 0.508 e. The molecule has 26 heavy (non-hydrogen) atoms. The zero-order valence-corrected chi connectivity index (χ0v) is 14.3. The van der Waals surface area contributed by atoms with Gasteiger partial charge >= 0.3 is 5.97 Å². The SMILES string of the molecule is O=C1CC(c2ccc(OC(=O)C3CCCC3)cc2)Oc2cc(O)ccc21. The van der Waals surface area contributed by atoms with Crippen LogP contribution in [0.3, 0.4) is 0 Å². The molecule has 5 heteroatoms. The first kappa shape index (κ1) is 16.6. The van der Waals surface area contributed by atoms with Crippen LogP contribution in [-0.2, 0) is 4.79 Å². The van der Waals surface area contributed by atoms with E-state index in [-0.39, 0.29) is 29.8 Å². The van der Waals surface area contributed by atoms with Gasteiger partial charge in [0.05, 0.1) is 17.9 Å². The molecule has 1 aliphatic heterocycles. The molecule has 1 aliphatic carbocycles. The van der Waals surface area contributed by atoms with Crippen molar-refractivity contribution < 1.29 is 24.2 Å². The Morgan fingerprint density at radius 1 is 1.08 bits per heavy atom. The molecule has 0 aromatic heterocycles. The van der Waals surface area contributed by atoms with E-state index in [1.807, 2.05) is 12.1 Å². The molecule has 0 bridgehead atoms. The first-order valence-electron chi connectivity index (χ1n) is 8.94. The smallest absolute Gasteiger partial charge is 0.314 e. The normalized spacial score (nSPS) is 19.7. The van der Waals surface area contributed by atoms with Crippen molar-refractivity contribution >= 4 is 11.8 Å². The van der Waals surface area contributed by atoms with E-state index < -0.39 is 6.10 Å². The number of phenols is 1. The van der Waals surface area contributed by atoms with E-state index in [2.05, 4.69) is 0 Å². The Labute approximate surface area is 151 Å². The van der Waals surface area contributed by atoms with Gasteiger partial charge < -0.3 is 14.6 Å². The summed E-state index contributed by atoms with van der Waals surface area (Å²) < 4.78 is 11.3. The second-order valence-corrected chi connectivity index (χ2v) is 6.89. The van der Waals surface area contributed by atoms with Crippen LogP contribution in [0.4, 0.5) is 0 Å². The van der Waals surface area contributed by atoms with Gasteiger partial charge in [0.25, 0.3) is 0 Å². The van der Waals surface area contributed by atoms with Gasteiger partial charge in [0.2, 0.25) is 0 Å². The van der Waals surface area contributed by atoms with Crippen LogP contribution in [0, 0.1) is 5.92 Å². The van der Waals surface area contributed by atoms with Gasteiger partial charge in [-0.1, -0.05) is 25.0 Å². The summed E-state index contributed by atoms with van der Waals surface area (Å²) in [4.78, 5) is 24.4. The fourth-order valence-corrected chi connectivity index (χ4v) is 3.61. The number of benzene rings is 2. The molecule has 2 aromatic rings. The highest BCUT2D eigenvalue weighted by Crippen LogP contribution is 2.37. The van der Waals surface area contributed by atoms with Crippen LogP contribution in [0.1, 0.15) is 54.1 Å². The van der Waals surface area contributed by atoms with Gasteiger partial charge in [0.1, 0.15) is 23.4 Å². The summed E-state index contributed by atoms with van der Waals surface area (Å²) in [7, 11) is 0. The average molecular weight is 352 g/mol. The van der Waals surface area contributed by atoms with E-state index in [4.69, 9.17) is 9.47 Å². The average Bonchev–Trinajstić information content (AvgIpc) is 3.16. The minimum Gasteiger partial charge on any atom is -0.508 e. The summed E-state index contributed by atoms with van der Waals surface area (Å²) in [5.41, 5.74) is 1.31. The second-order valence-electron chi connectivity index (χ2n) is 6.89. The van der Waals surface area contributed by atoms with E-state index in [0.717, 1.165) is 31.2 Å². The molecule has 0 saturated heterocycles. The van der Waals surface area contributed by atoms with Crippen molar-refractivity contribution in [1.29, 1.82) is 0 Å². The van der Waals surface area contributed by atoms with Gasteiger partial charge in [0, 0.05) is 6.07 Å². The van der Waals surface area contributed by atoms with E-state index in [1.54, 1.807) is 18.2 Å². The highest BCUT2D eigenvalue weighted by Gasteiger charge is 2.28. The van der Waals surface area contributed by atoms with Crippen molar-refractivity contribution in [3.05, 3.63) is 53.6 Å². The zero-order chi connectivity index (χ0) is 18.1. The molecular formula is C21H20O5. The number of carbonyl (C=O) groups is 2. The Kier molecular flexibility index (Phi) is 4.37. The predicted molar refractivity (Wildman–Crippen MR) is 94.5 cm³/mol. The number of esters is 1. The molecule has 5 nitrogen and oxygen atoms in total. The number of ketones is 1. The quantitative estimate of drug-likeness (QED) is 0.662. The minimum atomic E-state index is -0.420. The van der Waals surface area contributed by atoms with Crippen molar-refractivity contribution in [1.82, 2.24) is 0 Å². The van der Waals surface area contributed by atoms with Gasteiger partial charge in [-0.25, -0.2) is 0 Å². The van der Waals surface area contributed by atoms with E-state index in [9.17, 15) is 14.7 Å². The summed E-state index contributed by atoms with van der Waals surface area (Å²) in [6.45, 7) is 0. The van der Waals surface area contributed by atoms with Crippen LogP contribution in [-0.4, -0.2) is 16.9 Å². The highest BCUT2D eigenvalue weighted by atomic mass is 16.5. The molecule has 2 aliphatic rings. The molecule has 1 atom stereocenters. The van der Waals surface area contributed by atoms with Crippen molar-refractivity contribution in [2.24, 2.45) is 5.92 Å². The minimum absolute atomic E-state index is 0.0122. The lowest BCUT2D eigenvalue weighted by Gasteiger charge is -2.25. The lowest BCUT2D eigenvalue weighted by atomic mass is 9.96. The fourth-order valence-electron chi connectivity index (χ4n) is 3.61. The lowest BCUT2D eigenvalue weighted by Crippen LogP contribution is -2.20. The molecule has 134 valence electrons. The third-order valence-corrected chi connectivity index (χ3v) is 5.06. The van der Waals surface area contributed by atoms with Crippen molar-refractivity contribution in [3.8, 4) is 17.2 Å². The molecule has 0 radical (unpaired) electrons. The van der Waals surface area contributed by atoms with Crippen LogP contribution in [0.15, 0.2) is 42.5 Å². The topological polar surface area (TPSA) is 72.8 Å². The van der Waals surface area contributed by atoms with Gasteiger partial charge in [-0.15, -0.1) is 0 Å².